The van der Waals surface area contributed by atoms with E-state index < -0.39 is 0 Å². The predicted molar refractivity (Wildman–Crippen MR) is 70.4 cm³/mol. The van der Waals surface area contributed by atoms with Crippen molar-refractivity contribution in [3.8, 4) is 5.75 Å². The lowest BCUT2D eigenvalue weighted by atomic mass is 9.95. The van der Waals surface area contributed by atoms with E-state index in [1.165, 1.54) is 6.07 Å². The lowest BCUT2D eigenvalue weighted by molar-refractivity contribution is 0.0493. The van der Waals surface area contributed by atoms with Crippen molar-refractivity contribution in [3.63, 3.8) is 0 Å². The molecule has 1 aliphatic heterocycles. The van der Waals surface area contributed by atoms with Gasteiger partial charge in [0.25, 0.3) is 5.91 Å². The van der Waals surface area contributed by atoms with Crippen molar-refractivity contribution in [2.75, 3.05) is 6.54 Å². The molecule has 2 rings (SSSR count). The highest BCUT2D eigenvalue weighted by Gasteiger charge is 2.31. The van der Waals surface area contributed by atoms with Crippen molar-refractivity contribution in [2.24, 2.45) is 5.73 Å². The van der Waals surface area contributed by atoms with Gasteiger partial charge in [-0.15, -0.1) is 0 Å². The Hall–Kier alpha value is -1.55. The van der Waals surface area contributed by atoms with E-state index in [0.717, 1.165) is 19.3 Å². The third-order valence-electron chi connectivity index (χ3n) is 3.63. The Morgan fingerprint density at radius 3 is 2.94 bits per heavy atom. The number of amides is 1. The van der Waals surface area contributed by atoms with Crippen molar-refractivity contribution in [2.45, 2.75) is 38.3 Å². The van der Waals surface area contributed by atoms with E-state index in [0.29, 0.717) is 12.1 Å². The summed E-state index contributed by atoms with van der Waals surface area (Å²) in [5.41, 5.74) is 6.29. The Morgan fingerprint density at radius 1 is 1.50 bits per heavy atom. The summed E-state index contributed by atoms with van der Waals surface area (Å²) in [6.07, 6.45) is 3.10. The summed E-state index contributed by atoms with van der Waals surface area (Å²) in [5, 5.41) is 9.45. The minimum Gasteiger partial charge on any atom is -0.508 e. The van der Waals surface area contributed by atoms with Gasteiger partial charge in [-0.2, -0.15) is 0 Å². The van der Waals surface area contributed by atoms with E-state index in [9.17, 15) is 9.90 Å². The van der Waals surface area contributed by atoms with Crippen LogP contribution in [0.3, 0.4) is 0 Å². The summed E-state index contributed by atoms with van der Waals surface area (Å²) in [6, 6.07) is 6.82. The number of nitrogens with zero attached hydrogens (tertiary/aromatic N) is 1. The standard InChI is InChI=1S/C14H20N2O2/c1-10-4-2-6-12(9-15)16(10)14(18)11-5-3-7-13(17)8-11/h3,5,7-8,10,12,17H,2,4,6,9,15H2,1H3. The van der Waals surface area contributed by atoms with Gasteiger partial charge in [-0.3, -0.25) is 4.79 Å². The molecule has 2 unspecified atom stereocenters. The van der Waals surface area contributed by atoms with E-state index in [2.05, 4.69) is 6.92 Å². The Morgan fingerprint density at radius 2 is 2.28 bits per heavy atom. The molecule has 0 aromatic heterocycles. The quantitative estimate of drug-likeness (QED) is 0.837. The number of aromatic hydroxyl groups is 1. The van der Waals surface area contributed by atoms with E-state index in [-0.39, 0.29) is 23.7 Å². The number of benzene rings is 1. The number of rotatable bonds is 2. The SMILES string of the molecule is CC1CCCC(CN)N1C(=O)c1cccc(O)c1. The van der Waals surface area contributed by atoms with Crippen molar-refractivity contribution >= 4 is 5.91 Å². The Labute approximate surface area is 107 Å². The molecule has 1 heterocycles. The molecule has 98 valence electrons. The lowest BCUT2D eigenvalue weighted by Gasteiger charge is -2.40. The van der Waals surface area contributed by atoms with Crippen LogP contribution in [0.1, 0.15) is 36.5 Å². The zero-order chi connectivity index (χ0) is 13.1. The summed E-state index contributed by atoms with van der Waals surface area (Å²) in [5.74, 6) is 0.0864. The van der Waals surface area contributed by atoms with Gasteiger partial charge >= 0.3 is 0 Å². The van der Waals surface area contributed by atoms with E-state index >= 15 is 0 Å². The topological polar surface area (TPSA) is 66.6 Å². The molecule has 0 saturated carbocycles. The first-order valence-electron chi connectivity index (χ1n) is 6.45. The molecule has 1 aromatic carbocycles. The number of carbonyl (C=O) groups is 1. The monoisotopic (exact) mass is 248 g/mol. The molecule has 3 N–H and O–H groups in total. The normalized spacial score (nSPS) is 24.0. The molecular formula is C14H20N2O2. The van der Waals surface area contributed by atoms with Crippen molar-refractivity contribution in [3.05, 3.63) is 29.8 Å². The molecule has 2 atom stereocenters. The first-order valence-corrected chi connectivity index (χ1v) is 6.45. The van der Waals surface area contributed by atoms with Gasteiger partial charge in [0.15, 0.2) is 0 Å². The van der Waals surface area contributed by atoms with Gasteiger partial charge in [-0.25, -0.2) is 0 Å². The van der Waals surface area contributed by atoms with E-state index in [4.69, 9.17) is 5.73 Å². The van der Waals surface area contributed by atoms with E-state index in [1.807, 2.05) is 4.90 Å². The summed E-state index contributed by atoms with van der Waals surface area (Å²) in [4.78, 5) is 14.4. The van der Waals surface area contributed by atoms with Crippen LogP contribution in [0.5, 0.6) is 5.75 Å². The second-order valence-electron chi connectivity index (χ2n) is 4.93. The number of phenols is 1. The lowest BCUT2D eigenvalue weighted by Crippen LogP contribution is -2.51. The minimum absolute atomic E-state index is 0.0337. The summed E-state index contributed by atoms with van der Waals surface area (Å²) >= 11 is 0. The fraction of sp³-hybridized carbons (Fsp3) is 0.500. The maximum Gasteiger partial charge on any atom is 0.254 e. The molecule has 4 heteroatoms. The molecule has 0 aliphatic carbocycles. The Balaban J connectivity index is 2.25. The molecule has 0 bridgehead atoms. The molecule has 1 aromatic rings. The number of hydrogen-bond acceptors (Lipinski definition) is 3. The summed E-state index contributed by atoms with van der Waals surface area (Å²) in [7, 11) is 0. The molecule has 1 amide bonds. The number of carbonyl (C=O) groups excluding carboxylic acids is 1. The van der Waals surface area contributed by atoms with Crippen molar-refractivity contribution in [1.29, 1.82) is 0 Å². The van der Waals surface area contributed by atoms with Gasteiger partial charge in [-0.1, -0.05) is 6.07 Å². The van der Waals surface area contributed by atoms with Crippen LogP contribution in [-0.2, 0) is 0 Å². The maximum absolute atomic E-state index is 12.5. The largest absolute Gasteiger partial charge is 0.508 e. The average molecular weight is 248 g/mol. The zero-order valence-electron chi connectivity index (χ0n) is 10.7. The summed E-state index contributed by atoms with van der Waals surface area (Å²) in [6.45, 7) is 2.55. The fourth-order valence-corrected chi connectivity index (χ4v) is 2.67. The van der Waals surface area contributed by atoms with Crippen LogP contribution >= 0.6 is 0 Å². The highest BCUT2D eigenvalue weighted by molar-refractivity contribution is 5.95. The Kier molecular flexibility index (Phi) is 3.87. The minimum atomic E-state index is -0.0337. The van der Waals surface area contributed by atoms with Gasteiger partial charge in [0.2, 0.25) is 0 Å². The third kappa shape index (κ3) is 2.48. The average Bonchev–Trinajstić information content (AvgIpc) is 2.37. The van der Waals surface area contributed by atoms with Crippen LogP contribution in [0, 0.1) is 0 Å². The Bertz CT molecular complexity index is 434. The smallest absolute Gasteiger partial charge is 0.254 e. The van der Waals surface area contributed by atoms with Gasteiger partial charge in [-0.05, 0) is 44.4 Å². The van der Waals surface area contributed by atoms with Gasteiger partial charge in [0.1, 0.15) is 5.75 Å². The molecule has 1 fully saturated rings. The number of likely N-dealkylation sites (tertiary alicyclic amines) is 1. The van der Waals surface area contributed by atoms with Crippen LogP contribution in [0.2, 0.25) is 0 Å². The molecular weight excluding hydrogens is 228 g/mol. The fourth-order valence-electron chi connectivity index (χ4n) is 2.67. The molecule has 1 aliphatic rings. The molecule has 18 heavy (non-hydrogen) atoms. The van der Waals surface area contributed by atoms with Crippen LogP contribution < -0.4 is 5.73 Å². The maximum atomic E-state index is 12.5. The van der Waals surface area contributed by atoms with Crippen LogP contribution in [0.25, 0.3) is 0 Å². The molecule has 0 spiro atoms. The highest BCUT2D eigenvalue weighted by Crippen LogP contribution is 2.25. The second kappa shape index (κ2) is 5.40. The van der Waals surface area contributed by atoms with Gasteiger partial charge in [0.05, 0.1) is 0 Å². The van der Waals surface area contributed by atoms with Gasteiger partial charge in [0, 0.05) is 24.2 Å². The summed E-state index contributed by atoms with van der Waals surface area (Å²) < 4.78 is 0. The van der Waals surface area contributed by atoms with Crippen LogP contribution in [0.4, 0.5) is 0 Å². The number of hydrogen-bond donors (Lipinski definition) is 2. The number of phenolic OH excluding ortho intramolecular Hbond substituents is 1. The predicted octanol–water partition coefficient (Wildman–Crippen LogP) is 1.73. The van der Waals surface area contributed by atoms with Crippen LogP contribution in [0.15, 0.2) is 24.3 Å². The highest BCUT2D eigenvalue weighted by atomic mass is 16.3. The van der Waals surface area contributed by atoms with Crippen LogP contribution in [-0.4, -0.2) is 34.5 Å². The third-order valence-corrected chi connectivity index (χ3v) is 3.63. The zero-order valence-corrected chi connectivity index (χ0v) is 10.7. The number of piperidine rings is 1. The van der Waals surface area contributed by atoms with E-state index in [1.54, 1.807) is 18.2 Å². The molecule has 0 radical (unpaired) electrons. The van der Waals surface area contributed by atoms with Crippen molar-refractivity contribution in [1.82, 2.24) is 4.90 Å². The molecule has 4 nitrogen and oxygen atoms in total. The number of nitrogens with two attached hydrogens (primary N) is 1. The first kappa shape index (κ1) is 12.9. The van der Waals surface area contributed by atoms with Gasteiger partial charge < -0.3 is 15.7 Å². The van der Waals surface area contributed by atoms with Crippen molar-refractivity contribution < 1.29 is 9.90 Å². The second-order valence-corrected chi connectivity index (χ2v) is 4.93. The first-order chi connectivity index (χ1) is 8.63. The molecule has 1 saturated heterocycles.